The molecule has 3 rings (SSSR count). The molecule has 116 valence electrons. The van der Waals surface area contributed by atoms with Gasteiger partial charge in [-0.25, -0.2) is 9.78 Å². The second kappa shape index (κ2) is 6.57. The van der Waals surface area contributed by atoms with Crippen molar-refractivity contribution in [3.05, 3.63) is 16.1 Å². The lowest BCUT2D eigenvalue weighted by atomic mass is 9.87. The van der Waals surface area contributed by atoms with Gasteiger partial charge in [-0.1, -0.05) is 19.3 Å². The van der Waals surface area contributed by atoms with Crippen LogP contribution >= 0.6 is 23.1 Å². The van der Waals surface area contributed by atoms with Gasteiger partial charge in [0.25, 0.3) is 0 Å². The van der Waals surface area contributed by atoms with Gasteiger partial charge in [-0.2, -0.15) is 11.8 Å². The Bertz CT molecular complexity index is 491. The van der Waals surface area contributed by atoms with E-state index in [2.05, 4.69) is 22.1 Å². The highest BCUT2D eigenvalue weighted by atomic mass is 32.2. The number of rotatable bonds is 2. The Hall–Kier alpha value is -0.750. The maximum Gasteiger partial charge on any atom is 0.317 e. The van der Waals surface area contributed by atoms with E-state index < -0.39 is 0 Å². The lowest BCUT2D eigenvalue weighted by Crippen LogP contribution is -2.52. The zero-order chi connectivity index (χ0) is 14.7. The lowest BCUT2D eigenvalue weighted by Gasteiger charge is -2.44. The zero-order valence-corrected chi connectivity index (χ0v) is 14.2. The minimum Gasteiger partial charge on any atom is -0.331 e. The number of amides is 2. The molecule has 1 spiro atoms. The van der Waals surface area contributed by atoms with E-state index in [0.29, 0.717) is 11.3 Å². The van der Waals surface area contributed by atoms with Crippen molar-refractivity contribution in [3.8, 4) is 0 Å². The highest BCUT2D eigenvalue weighted by Gasteiger charge is 2.38. The molecule has 21 heavy (non-hydrogen) atoms. The molecule has 0 unspecified atom stereocenters. The highest BCUT2D eigenvalue weighted by molar-refractivity contribution is 8.00. The largest absolute Gasteiger partial charge is 0.331 e. The summed E-state index contributed by atoms with van der Waals surface area (Å²) in [6.07, 6.45) is 6.54. The number of nitrogens with one attached hydrogen (secondary N) is 1. The molecule has 0 bridgehead atoms. The minimum absolute atomic E-state index is 0.0769. The molecule has 1 aromatic rings. The van der Waals surface area contributed by atoms with Crippen LogP contribution in [0.5, 0.6) is 0 Å². The third kappa shape index (κ3) is 3.72. The van der Waals surface area contributed by atoms with Gasteiger partial charge >= 0.3 is 6.03 Å². The van der Waals surface area contributed by atoms with E-state index in [4.69, 9.17) is 0 Å². The van der Waals surface area contributed by atoms with Crippen molar-refractivity contribution in [3.63, 3.8) is 0 Å². The first-order valence-electron chi connectivity index (χ1n) is 7.75. The van der Waals surface area contributed by atoms with E-state index in [1.807, 2.05) is 17.2 Å². The number of urea groups is 1. The topological polar surface area (TPSA) is 45.2 Å². The number of hydrogen-bond donors (Lipinski definition) is 1. The van der Waals surface area contributed by atoms with Crippen molar-refractivity contribution < 1.29 is 4.79 Å². The Morgan fingerprint density at radius 2 is 2.24 bits per heavy atom. The molecule has 6 heteroatoms. The summed E-state index contributed by atoms with van der Waals surface area (Å²) in [6, 6.07) is 0.0769. The molecule has 0 radical (unpaired) electrons. The molecule has 1 saturated carbocycles. The number of thiazole rings is 1. The van der Waals surface area contributed by atoms with Crippen molar-refractivity contribution >= 4 is 29.1 Å². The van der Waals surface area contributed by atoms with Crippen molar-refractivity contribution in [2.75, 3.05) is 18.8 Å². The molecule has 0 atom stereocenters. The molecule has 2 aliphatic rings. The summed E-state index contributed by atoms with van der Waals surface area (Å²) in [5, 5.41) is 6.04. The average Bonchev–Trinajstić information content (AvgIpc) is 2.91. The molecule has 1 saturated heterocycles. The molecular formula is C15H23N3OS2. The Labute approximate surface area is 134 Å². The molecular weight excluding hydrogens is 302 g/mol. The normalized spacial score (nSPS) is 21.5. The number of hydrogen-bond acceptors (Lipinski definition) is 4. The van der Waals surface area contributed by atoms with Gasteiger partial charge in [0, 0.05) is 34.7 Å². The monoisotopic (exact) mass is 325 g/mol. The quantitative estimate of drug-likeness (QED) is 0.906. The number of carbonyl (C=O) groups is 1. The van der Waals surface area contributed by atoms with Crippen LogP contribution in [-0.2, 0) is 6.54 Å². The predicted octanol–water partition coefficient (Wildman–Crippen LogP) is 3.41. The molecule has 1 N–H and O–H groups in total. The van der Waals surface area contributed by atoms with E-state index in [-0.39, 0.29) is 6.03 Å². The smallest absolute Gasteiger partial charge is 0.317 e. The van der Waals surface area contributed by atoms with E-state index in [0.717, 1.165) is 29.5 Å². The van der Waals surface area contributed by atoms with Crippen LogP contribution in [0.3, 0.4) is 0 Å². The number of aromatic nitrogens is 1. The maximum atomic E-state index is 12.4. The SMILES string of the molecule is Cc1csc(CNC(=O)N2CCSC3(CCCCC3)C2)n1. The summed E-state index contributed by atoms with van der Waals surface area (Å²) in [5.74, 6) is 1.07. The predicted molar refractivity (Wildman–Crippen MR) is 88.9 cm³/mol. The van der Waals surface area contributed by atoms with Crippen LogP contribution in [0.15, 0.2) is 5.38 Å². The van der Waals surface area contributed by atoms with Gasteiger partial charge in [-0.3, -0.25) is 0 Å². The summed E-state index contributed by atoms with van der Waals surface area (Å²) in [7, 11) is 0. The maximum absolute atomic E-state index is 12.4. The first kappa shape index (κ1) is 15.2. The summed E-state index contributed by atoms with van der Waals surface area (Å²) < 4.78 is 0.339. The lowest BCUT2D eigenvalue weighted by molar-refractivity contribution is 0.184. The molecule has 0 aromatic carbocycles. The van der Waals surface area contributed by atoms with Gasteiger partial charge in [0.15, 0.2) is 0 Å². The first-order chi connectivity index (χ1) is 10.2. The molecule has 2 heterocycles. The number of nitrogens with zero attached hydrogens (tertiary/aromatic N) is 2. The third-order valence-corrected chi connectivity index (χ3v) is 6.86. The van der Waals surface area contributed by atoms with Crippen LogP contribution < -0.4 is 5.32 Å². The van der Waals surface area contributed by atoms with Crippen LogP contribution in [0.2, 0.25) is 0 Å². The molecule has 1 aromatic heterocycles. The molecule has 4 nitrogen and oxygen atoms in total. The summed E-state index contributed by atoms with van der Waals surface area (Å²) in [4.78, 5) is 18.8. The van der Waals surface area contributed by atoms with Gasteiger partial charge in [-0.05, 0) is 19.8 Å². The Kier molecular flexibility index (Phi) is 4.74. The van der Waals surface area contributed by atoms with Crippen molar-refractivity contribution in [2.24, 2.45) is 0 Å². The fourth-order valence-corrected chi connectivity index (χ4v) is 5.54. The van der Waals surface area contributed by atoms with Crippen LogP contribution in [0.4, 0.5) is 4.79 Å². The highest BCUT2D eigenvalue weighted by Crippen LogP contribution is 2.42. The van der Waals surface area contributed by atoms with Crippen molar-refractivity contribution in [2.45, 2.75) is 50.3 Å². The van der Waals surface area contributed by atoms with Crippen molar-refractivity contribution in [1.82, 2.24) is 15.2 Å². The van der Waals surface area contributed by atoms with E-state index >= 15 is 0 Å². The van der Waals surface area contributed by atoms with Gasteiger partial charge < -0.3 is 10.2 Å². The van der Waals surface area contributed by atoms with Gasteiger partial charge in [-0.15, -0.1) is 11.3 Å². The summed E-state index contributed by atoms with van der Waals surface area (Å²) in [5.41, 5.74) is 1.03. The van der Waals surface area contributed by atoms with E-state index in [1.165, 1.54) is 32.1 Å². The Balaban J connectivity index is 1.54. The Morgan fingerprint density at radius 1 is 1.43 bits per heavy atom. The summed E-state index contributed by atoms with van der Waals surface area (Å²) in [6.45, 7) is 4.32. The number of thioether (sulfide) groups is 1. The Morgan fingerprint density at radius 3 is 2.95 bits per heavy atom. The van der Waals surface area contributed by atoms with Crippen LogP contribution in [0, 0.1) is 6.92 Å². The van der Waals surface area contributed by atoms with Gasteiger partial charge in [0.2, 0.25) is 0 Å². The zero-order valence-electron chi connectivity index (χ0n) is 12.6. The second-order valence-corrected chi connectivity index (χ2v) is 8.56. The van der Waals surface area contributed by atoms with Crippen molar-refractivity contribution in [1.29, 1.82) is 0 Å². The first-order valence-corrected chi connectivity index (χ1v) is 9.61. The van der Waals surface area contributed by atoms with E-state index in [1.54, 1.807) is 11.3 Å². The van der Waals surface area contributed by atoms with E-state index in [9.17, 15) is 4.79 Å². The average molecular weight is 326 g/mol. The van der Waals surface area contributed by atoms with Gasteiger partial charge in [0.05, 0.1) is 6.54 Å². The fourth-order valence-electron chi connectivity index (χ4n) is 3.26. The molecule has 1 aliphatic heterocycles. The van der Waals surface area contributed by atoms with Crippen LogP contribution in [-0.4, -0.2) is 39.5 Å². The number of aryl methyl sites for hydroxylation is 1. The van der Waals surface area contributed by atoms with Crippen LogP contribution in [0.25, 0.3) is 0 Å². The molecule has 2 amide bonds. The van der Waals surface area contributed by atoms with Crippen LogP contribution in [0.1, 0.15) is 42.8 Å². The number of carbonyl (C=O) groups excluding carboxylic acids is 1. The van der Waals surface area contributed by atoms with Gasteiger partial charge in [0.1, 0.15) is 5.01 Å². The third-order valence-electron chi connectivity index (χ3n) is 4.36. The second-order valence-electron chi connectivity index (χ2n) is 6.06. The molecule has 2 fully saturated rings. The standard InChI is InChI=1S/C15H23N3OS2/c1-12-10-20-13(17-12)9-16-14(19)18-7-8-21-15(11-18)5-3-2-4-6-15/h10H,2-9,11H2,1H3,(H,16,19). The summed E-state index contributed by atoms with van der Waals surface area (Å²) >= 11 is 3.70. The molecule has 1 aliphatic carbocycles. The minimum atomic E-state index is 0.0769. The fraction of sp³-hybridized carbons (Fsp3) is 0.733.